The molecule has 0 atom stereocenters. The minimum absolute atomic E-state index is 0.0944. The van der Waals surface area contributed by atoms with Crippen LogP contribution in [0, 0.1) is 23.3 Å². The molecule has 0 saturated heterocycles. The predicted octanol–water partition coefficient (Wildman–Crippen LogP) is 10.0. The number of halogens is 4. The van der Waals surface area contributed by atoms with Crippen LogP contribution in [0.25, 0.3) is 43.4 Å². The van der Waals surface area contributed by atoms with Gasteiger partial charge in [-0.05, 0) is 60.2 Å². The maximum atomic E-state index is 16.6. The molecule has 12 nitrogen and oxygen atoms in total. The molecule has 2 aromatic heterocycles. The fourth-order valence-electron chi connectivity index (χ4n) is 6.79. The number of carbonyl (C=O) groups is 2. The van der Waals surface area contributed by atoms with E-state index in [1.54, 1.807) is 48.5 Å². The number of thiazole rings is 2. The molecular weight excluding hydrogens is 897 g/mol. The monoisotopic (exact) mass is 932 g/mol. The summed E-state index contributed by atoms with van der Waals surface area (Å²) in [6.07, 6.45) is 0. The van der Waals surface area contributed by atoms with Crippen LogP contribution in [0.1, 0.15) is 30.7 Å². The molecule has 18 heteroatoms. The summed E-state index contributed by atoms with van der Waals surface area (Å²) in [5.74, 6) is -7.63. The number of carbonyl (C=O) groups excluding carboxylic acids is 2. The lowest BCUT2D eigenvalue weighted by atomic mass is 10.0. The van der Waals surface area contributed by atoms with E-state index in [-0.39, 0.29) is 39.2 Å². The van der Waals surface area contributed by atoms with Crippen LogP contribution in [0.2, 0.25) is 0 Å². The van der Waals surface area contributed by atoms with E-state index in [1.807, 2.05) is 54.6 Å². The fourth-order valence-corrected chi connectivity index (χ4v) is 8.82. The maximum Gasteiger partial charge on any atom is 0.254 e. The molecule has 334 valence electrons. The lowest BCUT2D eigenvalue weighted by Crippen LogP contribution is -2.28. The molecule has 6 aromatic carbocycles. The molecule has 0 aliphatic rings. The quantitative estimate of drug-likeness (QED) is 0.0413. The average molecular weight is 933 g/mol. The molecule has 66 heavy (non-hydrogen) atoms. The molecule has 0 unspecified atom stereocenters. The highest BCUT2D eigenvalue weighted by Crippen LogP contribution is 2.46. The Hall–Kier alpha value is -7.96. The van der Waals surface area contributed by atoms with Gasteiger partial charge in [-0.2, -0.15) is 0 Å². The Morgan fingerprint density at radius 2 is 1.35 bits per heavy atom. The number of primary amides is 1. The third-order valence-corrected chi connectivity index (χ3v) is 12.1. The molecular formula is C48H36F4N6O6S2. The highest BCUT2D eigenvalue weighted by Gasteiger charge is 2.29. The first kappa shape index (κ1) is 44.6. The van der Waals surface area contributed by atoms with Crippen LogP contribution in [0.4, 0.5) is 28.9 Å². The van der Waals surface area contributed by atoms with Crippen LogP contribution in [-0.2, 0) is 13.2 Å². The van der Waals surface area contributed by atoms with Crippen LogP contribution in [0.3, 0.4) is 0 Å². The summed E-state index contributed by atoms with van der Waals surface area (Å²) in [6.45, 7) is -0.880. The lowest BCUT2D eigenvalue weighted by Gasteiger charge is -2.16. The molecule has 0 aliphatic heterocycles. The van der Waals surface area contributed by atoms with Crippen molar-refractivity contribution in [3.63, 3.8) is 0 Å². The number of hydrogen-bond donors (Lipinski definition) is 4. The summed E-state index contributed by atoms with van der Waals surface area (Å²) in [6, 6.07) is 32.9. The fraction of sp³-hybridized carbons (Fsp3) is 0.0833. The first-order valence-electron chi connectivity index (χ1n) is 19.8. The van der Waals surface area contributed by atoms with Gasteiger partial charge < -0.3 is 41.5 Å². The average Bonchev–Trinajstić information content (AvgIpc) is 3.94. The van der Waals surface area contributed by atoms with E-state index in [0.717, 1.165) is 56.2 Å². The molecule has 0 saturated carbocycles. The van der Waals surface area contributed by atoms with Crippen LogP contribution in [0.15, 0.2) is 121 Å². The summed E-state index contributed by atoms with van der Waals surface area (Å²) < 4.78 is 84.2. The summed E-state index contributed by atoms with van der Waals surface area (Å²) in [4.78, 5) is 35.3. The van der Waals surface area contributed by atoms with Crippen molar-refractivity contribution in [2.75, 3.05) is 25.3 Å². The van der Waals surface area contributed by atoms with E-state index in [4.69, 9.17) is 41.1 Å². The number of ether oxygens (including phenoxy) is 4. The van der Waals surface area contributed by atoms with E-state index in [0.29, 0.717) is 17.0 Å². The van der Waals surface area contributed by atoms with Crippen LogP contribution < -0.4 is 41.5 Å². The molecule has 0 radical (unpaired) electrons. The highest BCUT2D eigenvalue weighted by molar-refractivity contribution is 7.16. The van der Waals surface area contributed by atoms with Crippen molar-refractivity contribution >= 4 is 45.9 Å². The predicted molar refractivity (Wildman–Crippen MR) is 244 cm³/mol. The van der Waals surface area contributed by atoms with Crippen molar-refractivity contribution in [3.8, 4) is 66.4 Å². The van der Waals surface area contributed by atoms with Gasteiger partial charge in [-0.1, -0.05) is 60.7 Å². The molecule has 0 spiro atoms. The zero-order valence-corrected chi connectivity index (χ0v) is 36.2. The van der Waals surface area contributed by atoms with Crippen molar-refractivity contribution < 1.29 is 46.1 Å². The Balaban J connectivity index is 0.973. The zero-order valence-electron chi connectivity index (χ0n) is 34.6. The second-order valence-electron chi connectivity index (χ2n) is 14.2. The number of nitrogens with zero attached hydrogens (tertiary/aromatic N) is 2. The van der Waals surface area contributed by atoms with Crippen molar-refractivity contribution in [2.45, 2.75) is 13.2 Å². The lowest BCUT2D eigenvalue weighted by molar-refractivity contribution is 0.0914. The van der Waals surface area contributed by atoms with Gasteiger partial charge in [-0.25, -0.2) is 27.5 Å². The SMILES string of the molecule is COc1cc(F)c(-c2nc(COc3ccc(F)c(C(N)=O)c3F)sc2-c2ccccc2N)c(F)c1OCNC(=O)c1ccc(OCc2nc(-c3ccccc3)c(-c3cccc(N)c3)s2)cc1. The molecule has 0 fully saturated rings. The van der Waals surface area contributed by atoms with Gasteiger partial charge in [0.1, 0.15) is 46.2 Å². The molecule has 8 rings (SSSR count). The minimum atomic E-state index is -1.34. The standard InChI is InChI=1S/C48H36F4N6O6S2/c1-61-35-21-32(50)38(43-46(30-12-5-6-13-33(30)54)66-37(58-43)23-63-34-19-18-31(49)39(40(34)51)47(55)59)41(52)44(35)64-24-56-48(60)26-14-16-29(17-15-26)62-22-36-57-42(25-8-3-2-4-9-25)45(65-36)27-10-7-11-28(53)20-27/h2-21H,22-24,53-54H2,1H3,(H2,55,59)(H,56,60). The summed E-state index contributed by atoms with van der Waals surface area (Å²) in [5.41, 5.74) is 19.8. The van der Waals surface area contributed by atoms with Crippen molar-refractivity contribution in [2.24, 2.45) is 5.73 Å². The number of methoxy groups -OCH3 is 1. The van der Waals surface area contributed by atoms with Gasteiger partial charge >= 0.3 is 0 Å². The summed E-state index contributed by atoms with van der Waals surface area (Å²) in [5, 5.41) is 3.37. The van der Waals surface area contributed by atoms with Crippen molar-refractivity contribution in [1.29, 1.82) is 0 Å². The van der Waals surface area contributed by atoms with Crippen molar-refractivity contribution in [1.82, 2.24) is 15.3 Å². The van der Waals surface area contributed by atoms with Gasteiger partial charge in [-0.3, -0.25) is 9.59 Å². The van der Waals surface area contributed by atoms with Crippen molar-refractivity contribution in [3.05, 3.63) is 166 Å². The minimum Gasteiger partial charge on any atom is -0.493 e. The maximum absolute atomic E-state index is 16.6. The number of anilines is 2. The smallest absolute Gasteiger partial charge is 0.254 e. The van der Waals surface area contributed by atoms with Crippen LogP contribution >= 0.6 is 22.7 Å². The van der Waals surface area contributed by atoms with E-state index >= 15 is 8.78 Å². The Morgan fingerprint density at radius 3 is 2.06 bits per heavy atom. The Morgan fingerprint density at radius 1 is 0.667 bits per heavy atom. The zero-order chi connectivity index (χ0) is 46.5. The van der Waals surface area contributed by atoms with Crippen LogP contribution in [-0.4, -0.2) is 35.6 Å². The van der Waals surface area contributed by atoms with Gasteiger partial charge in [0.25, 0.3) is 11.8 Å². The first-order valence-corrected chi connectivity index (χ1v) is 21.4. The Labute approximate surface area is 382 Å². The number of nitrogens with one attached hydrogen (secondary N) is 1. The van der Waals surface area contributed by atoms with E-state index in [2.05, 4.69) is 10.3 Å². The number of para-hydroxylation sites is 1. The highest BCUT2D eigenvalue weighted by atomic mass is 32.1. The number of nitrogen functional groups attached to an aromatic ring is 2. The van der Waals surface area contributed by atoms with Gasteiger partial charge in [0.15, 0.2) is 35.6 Å². The van der Waals surface area contributed by atoms with E-state index in [1.165, 1.54) is 18.4 Å². The van der Waals surface area contributed by atoms with Gasteiger partial charge in [0.05, 0.1) is 33.8 Å². The topological polar surface area (TPSA) is 187 Å². The number of aromatic nitrogens is 2. The van der Waals surface area contributed by atoms with Gasteiger partial charge in [0, 0.05) is 34.1 Å². The third kappa shape index (κ3) is 9.45. The summed E-state index contributed by atoms with van der Waals surface area (Å²) in [7, 11) is 1.19. The molecule has 0 aliphatic carbocycles. The Kier molecular flexibility index (Phi) is 13.1. The molecule has 2 heterocycles. The third-order valence-electron chi connectivity index (χ3n) is 9.92. The van der Waals surface area contributed by atoms with Gasteiger partial charge in [0.2, 0.25) is 0 Å². The van der Waals surface area contributed by atoms with E-state index < -0.39 is 71.0 Å². The number of nitrogens with two attached hydrogens (primary N) is 3. The number of benzene rings is 6. The largest absolute Gasteiger partial charge is 0.493 e. The number of rotatable bonds is 16. The molecule has 7 N–H and O–H groups in total. The summed E-state index contributed by atoms with van der Waals surface area (Å²) >= 11 is 2.42. The number of amides is 2. The molecule has 2 amide bonds. The second-order valence-corrected chi connectivity index (χ2v) is 16.4. The van der Waals surface area contributed by atoms with Crippen LogP contribution in [0.5, 0.6) is 23.0 Å². The normalized spacial score (nSPS) is 11.0. The molecule has 0 bridgehead atoms. The van der Waals surface area contributed by atoms with E-state index in [9.17, 15) is 18.4 Å². The second kappa shape index (κ2) is 19.4. The Bertz CT molecular complexity index is 3100. The van der Waals surface area contributed by atoms with Gasteiger partial charge in [-0.15, -0.1) is 22.7 Å². The first-order chi connectivity index (χ1) is 31.9. The molecule has 8 aromatic rings. The number of hydrogen-bond acceptors (Lipinski definition) is 12.